The molecule has 0 saturated carbocycles. The Labute approximate surface area is 186 Å². The van der Waals surface area contributed by atoms with Gasteiger partial charge in [-0.3, -0.25) is 4.79 Å². The van der Waals surface area contributed by atoms with Crippen molar-refractivity contribution in [2.45, 2.75) is 39.7 Å². The van der Waals surface area contributed by atoms with E-state index in [4.69, 9.17) is 9.84 Å². The van der Waals surface area contributed by atoms with Gasteiger partial charge in [0.1, 0.15) is 18.2 Å². The van der Waals surface area contributed by atoms with Gasteiger partial charge in [-0.15, -0.1) is 0 Å². The van der Waals surface area contributed by atoms with Crippen LogP contribution in [-0.4, -0.2) is 55.7 Å². The molecule has 0 spiro atoms. The van der Waals surface area contributed by atoms with E-state index in [2.05, 4.69) is 15.3 Å². The molecule has 9 heteroatoms. The molecule has 0 unspecified atom stereocenters. The van der Waals surface area contributed by atoms with Crippen LogP contribution in [0.25, 0.3) is 16.7 Å². The van der Waals surface area contributed by atoms with E-state index in [0.29, 0.717) is 37.6 Å². The normalized spacial score (nSPS) is 15.0. The molecule has 2 aromatic heterocycles. The second-order valence-corrected chi connectivity index (χ2v) is 8.96. The lowest BCUT2D eigenvalue weighted by Crippen LogP contribution is -2.41. The fourth-order valence-electron chi connectivity index (χ4n) is 3.60. The third-order valence-electron chi connectivity index (χ3n) is 5.50. The predicted molar refractivity (Wildman–Crippen MR) is 120 cm³/mol. The molecule has 168 valence electrons. The van der Waals surface area contributed by atoms with Crippen LogP contribution in [0.1, 0.15) is 33.6 Å². The van der Waals surface area contributed by atoms with Crippen LogP contribution in [0.2, 0.25) is 0 Å². The van der Waals surface area contributed by atoms with Gasteiger partial charge in [-0.25, -0.2) is 14.8 Å². The van der Waals surface area contributed by atoms with Crippen LogP contribution in [0.4, 0.5) is 10.5 Å². The van der Waals surface area contributed by atoms with Crippen molar-refractivity contribution in [1.82, 2.24) is 19.4 Å². The number of amides is 2. The summed E-state index contributed by atoms with van der Waals surface area (Å²) in [6, 6.07) is 9.49. The van der Waals surface area contributed by atoms with Crippen LogP contribution >= 0.6 is 0 Å². The van der Waals surface area contributed by atoms with Crippen LogP contribution in [-0.2, 0) is 4.79 Å². The Balaban J connectivity index is 1.50. The largest absolute Gasteiger partial charge is 0.474 e. The standard InChI is InChI=1S/C23H27N5O4/c1-23(2,3)21(29)26-16-4-5-18-15(12-16)6-11-28(18)19-13-20(25-14-24-19)32-17-7-9-27(10-8-17)22(30)31/h4-6,11-14,17H,7-10H2,1-3H3,(H,26,29)(H,30,31). The predicted octanol–water partition coefficient (Wildman–Crippen LogP) is 3.93. The molecule has 1 aromatic carbocycles. The summed E-state index contributed by atoms with van der Waals surface area (Å²) in [5, 5.41) is 13.0. The molecule has 0 aliphatic carbocycles. The van der Waals surface area contributed by atoms with Crippen LogP contribution in [0.3, 0.4) is 0 Å². The number of fused-ring (bicyclic) bond motifs is 1. The number of hydrogen-bond acceptors (Lipinski definition) is 5. The minimum Gasteiger partial charge on any atom is -0.474 e. The lowest BCUT2D eigenvalue weighted by Gasteiger charge is -2.29. The fourth-order valence-corrected chi connectivity index (χ4v) is 3.60. The second-order valence-electron chi connectivity index (χ2n) is 8.96. The molecule has 3 aromatic rings. The van der Waals surface area contributed by atoms with Crippen LogP contribution in [0.5, 0.6) is 5.88 Å². The Morgan fingerprint density at radius 1 is 1.12 bits per heavy atom. The van der Waals surface area contributed by atoms with E-state index in [1.54, 1.807) is 6.07 Å². The zero-order chi connectivity index (χ0) is 22.9. The zero-order valence-corrected chi connectivity index (χ0v) is 18.4. The lowest BCUT2D eigenvalue weighted by molar-refractivity contribution is -0.123. The Morgan fingerprint density at radius 2 is 1.88 bits per heavy atom. The topological polar surface area (TPSA) is 110 Å². The van der Waals surface area contributed by atoms with E-state index in [1.165, 1.54) is 11.2 Å². The van der Waals surface area contributed by atoms with Gasteiger partial charge in [0.2, 0.25) is 11.8 Å². The molecule has 32 heavy (non-hydrogen) atoms. The van der Waals surface area contributed by atoms with Gasteiger partial charge in [-0.2, -0.15) is 0 Å². The van der Waals surface area contributed by atoms with Gasteiger partial charge in [0.15, 0.2) is 0 Å². The second kappa shape index (κ2) is 8.49. The zero-order valence-electron chi connectivity index (χ0n) is 18.4. The van der Waals surface area contributed by atoms with E-state index in [-0.39, 0.29) is 12.0 Å². The molecule has 3 heterocycles. The van der Waals surface area contributed by atoms with Crippen molar-refractivity contribution in [3.63, 3.8) is 0 Å². The number of likely N-dealkylation sites (tertiary alicyclic amines) is 1. The Kier molecular flexibility index (Phi) is 5.73. The lowest BCUT2D eigenvalue weighted by atomic mass is 9.95. The highest BCUT2D eigenvalue weighted by Gasteiger charge is 2.24. The summed E-state index contributed by atoms with van der Waals surface area (Å²) in [7, 11) is 0. The molecular weight excluding hydrogens is 410 g/mol. The number of carbonyl (C=O) groups is 2. The third kappa shape index (κ3) is 4.66. The molecule has 9 nitrogen and oxygen atoms in total. The van der Waals surface area contributed by atoms with Crippen molar-refractivity contribution >= 4 is 28.6 Å². The van der Waals surface area contributed by atoms with Crippen molar-refractivity contribution in [1.29, 1.82) is 0 Å². The van der Waals surface area contributed by atoms with E-state index < -0.39 is 11.5 Å². The van der Waals surface area contributed by atoms with Gasteiger partial charge in [0, 0.05) is 54.7 Å². The van der Waals surface area contributed by atoms with Gasteiger partial charge in [-0.05, 0) is 24.3 Å². The van der Waals surface area contributed by atoms with Crippen LogP contribution in [0.15, 0.2) is 42.9 Å². The molecule has 0 atom stereocenters. The summed E-state index contributed by atoms with van der Waals surface area (Å²) in [6.45, 7) is 6.54. The Bertz CT molecular complexity index is 1140. The number of aromatic nitrogens is 3. The van der Waals surface area contributed by atoms with E-state index in [0.717, 1.165) is 16.6 Å². The summed E-state index contributed by atoms with van der Waals surface area (Å²) in [4.78, 5) is 33.3. The first-order valence-electron chi connectivity index (χ1n) is 10.6. The fraction of sp³-hybridized carbons (Fsp3) is 0.391. The number of anilines is 1. The van der Waals surface area contributed by atoms with Crippen molar-refractivity contribution in [2.24, 2.45) is 5.41 Å². The number of benzene rings is 1. The molecular formula is C23H27N5O4. The van der Waals surface area contributed by atoms with E-state index >= 15 is 0 Å². The van der Waals surface area contributed by atoms with Crippen molar-refractivity contribution in [3.8, 4) is 11.7 Å². The minimum absolute atomic E-state index is 0.0388. The number of carbonyl (C=O) groups excluding carboxylic acids is 1. The van der Waals surface area contributed by atoms with E-state index in [1.807, 2.05) is 55.8 Å². The highest BCUT2D eigenvalue weighted by atomic mass is 16.5. The first kappa shape index (κ1) is 21.6. The average Bonchev–Trinajstić information content (AvgIpc) is 3.17. The number of carboxylic acid groups (broad SMARTS) is 1. The van der Waals surface area contributed by atoms with Gasteiger partial charge < -0.3 is 24.6 Å². The number of rotatable bonds is 4. The van der Waals surface area contributed by atoms with Crippen molar-refractivity contribution < 1.29 is 19.4 Å². The molecule has 2 N–H and O–H groups in total. The SMILES string of the molecule is CC(C)(C)C(=O)Nc1ccc2c(ccn2-c2cc(OC3CCN(C(=O)O)CC3)ncn2)c1. The number of nitrogens with one attached hydrogen (secondary N) is 1. The third-order valence-corrected chi connectivity index (χ3v) is 5.50. The first-order valence-corrected chi connectivity index (χ1v) is 10.6. The molecule has 1 aliphatic heterocycles. The first-order chi connectivity index (χ1) is 15.2. The maximum atomic E-state index is 12.3. The molecule has 2 amide bonds. The van der Waals surface area contributed by atoms with Crippen molar-refractivity contribution in [2.75, 3.05) is 18.4 Å². The molecule has 1 fully saturated rings. The number of ether oxygens (including phenoxy) is 1. The van der Waals surface area contributed by atoms with Crippen LogP contribution < -0.4 is 10.1 Å². The maximum absolute atomic E-state index is 12.3. The van der Waals surface area contributed by atoms with Gasteiger partial charge in [-0.1, -0.05) is 20.8 Å². The molecule has 0 bridgehead atoms. The quantitative estimate of drug-likeness (QED) is 0.640. The summed E-state index contributed by atoms with van der Waals surface area (Å²) >= 11 is 0. The average molecular weight is 438 g/mol. The number of nitrogens with zero attached hydrogens (tertiary/aromatic N) is 4. The number of piperidine rings is 1. The monoisotopic (exact) mass is 437 g/mol. The van der Waals surface area contributed by atoms with Gasteiger partial charge in [0.05, 0.1) is 5.52 Å². The Morgan fingerprint density at radius 3 is 2.56 bits per heavy atom. The number of hydrogen-bond donors (Lipinski definition) is 2. The summed E-state index contributed by atoms with van der Waals surface area (Å²) in [5.41, 5.74) is 1.22. The Hall–Kier alpha value is -3.62. The molecule has 0 radical (unpaired) electrons. The minimum atomic E-state index is -0.895. The maximum Gasteiger partial charge on any atom is 0.407 e. The van der Waals surface area contributed by atoms with E-state index in [9.17, 15) is 9.59 Å². The molecule has 4 rings (SSSR count). The molecule has 1 saturated heterocycles. The highest BCUT2D eigenvalue weighted by molar-refractivity contribution is 5.96. The summed E-state index contributed by atoms with van der Waals surface area (Å²) in [5.74, 6) is 1.09. The molecule has 1 aliphatic rings. The summed E-state index contributed by atoms with van der Waals surface area (Å²) < 4.78 is 7.93. The summed E-state index contributed by atoms with van der Waals surface area (Å²) in [6.07, 6.45) is 3.65. The highest BCUT2D eigenvalue weighted by Crippen LogP contribution is 2.26. The van der Waals surface area contributed by atoms with Gasteiger partial charge >= 0.3 is 6.09 Å². The van der Waals surface area contributed by atoms with Crippen molar-refractivity contribution in [3.05, 3.63) is 42.9 Å². The smallest absolute Gasteiger partial charge is 0.407 e. The van der Waals surface area contributed by atoms with Gasteiger partial charge in [0.25, 0.3) is 0 Å². The van der Waals surface area contributed by atoms with Crippen LogP contribution in [0, 0.1) is 5.41 Å².